The molecule has 3 rings (SSSR count). The first-order valence-corrected chi connectivity index (χ1v) is 11.8. The monoisotopic (exact) mass is 586 g/mol. The standard InChI is InChI=1S/C22H20ClIN2O5S/c1-4-31-17-8-13(7-16(24)20(17)30-3)9-18-21(28)26(22(29)32-18)11-19(27)25-14-6-5-12(2)15(23)10-14/h5-10H,4,11H2,1-3H3,(H,25,27)/b18-9+. The van der Waals surface area contributed by atoms with Crippen LogP contribution in [0.2, 0.25) is 5.02 Å². The topological polar surface area (TPSA) is 84.9 Å². The van der Waals surface area contributed by atoms with E-state index < -0.39 is 23.6 Å². The number of aryl methyl sites for hydroxylation is 1. The van der Waals surface area contributed by atoms with Gasteiger partial charge >= 0.3 is 0 Å². The molecule has 2 aromatic carbocycles. The van der Waals surface area contributed by atoms with Crippen molar-refractivity contribution in [1.29, 1.82) is 0 Å². The molecule has 0 radical (unpaired) electrons. The highest BCUT2D eigenvalue weighted by Gasteiger charge is 2.36. The predicted octanol–water partition coefficient (Wildman–Crippen LogP) is 5.34. The van der Waals surface area contributed by atoms with Gasteiger partial charge < -0.3 is 14.8 Å². The molecule has 1 aliphatic rings. The van der Waals surface area contributed by atoms with Gasteiger partial charge in [0.15, 0.2) is 11.5 Å². The number of benzene rings is 2. The van der Waals surface area contributed by atoms with Crippen LogP contribution >= 0.6 is 46.0 Å². The van der Waals surface area contributed by atoms with Crippen LogP contribution in [0.15, 0.2) is 35.2 Å². The van der Waals surface area contributed by atoms with Crippen molar-refractivity contribution in [3.8, 4) is 11.5 Å². The van der Waals surface area contributed by atoms with Crippen molar-refractivity contribution < 1.29 is 23.9 Å². The molecule has 0 spiro atoms. The van der Waals surface area contributed by atoms with Crippen LogP contribution in [0.1, 0.15) is 18.1 Å². The molecular weight excluding hydrogens is 567 g/mol. The summed E-state index contributed by atoms with van der Waals surface area (Å²) in [5, 5.41) is 2.66. The van der Waals surface area contributed by atoms with Crippen molar-refractivity contribution in [2.75, 3.05) is 25.6 Å². The molecule has 0 atom stereocenters. The summed E-state index contributed by atoms with van der Waals surface area (Å²) in [6, 6.07) is 8.65. The van der Waals surface area contributed by atoms with E-state index in [0.29, 0.717) is 34.4 Å². The zero-order valence-corrected chi connectivity index (χ0v) is 21.3. The van der Waals surface area contributed by atoms with Crippen LogP contribution in [-0.2, 0) is 9.59 Å². The van der Waals surface area contributed by atoms with Crippen LogP contribution in [0, 0.1) is 10.5 Å². The quantitative estimate of drug-likeness (QED) is 0.349. The second-order valence-corrected chi connectivity index (χ2v) is 9.31. The van der Waals surface area contributed by atoms with Gasteiger partial charge in [-0.2, -0.15) is 0 Å². The van der Waals surface area contributed by atoms with Gasteiger partial charge in [-0.25, -0.2) is 0 Å². The molecule has 0 saturated carbocycles. The highest BCUT2D eigenvalue weighted by molar-refractivity contribution is 14.1. The smallest absolute Gasteiger partial charge is 0.294 e. The Morgan fingerprint density at radius 2 is 2.03 bits per heavy atom. The summed E-state index contributed by atoms with van der Waals surface area (Å²) in [5.74, 6) is 0.126. The molecule has 7 nitrogen and oxygen atoms in total. The van der Waals surface area contributed by atoms with Crippen molar-refractivity contribution in [3.05, 3.63) is 55.0 Å². The number of halogens is 2. The van der Waals surface area contributed by atoms with E-state index in [1.807, 2.05) is 19.9 Å². The lowest BCUT2D eigenvalue weighted by molar-refractivity contribution is -0.127. The van der Waals surface area contributed by atoms with Crippen molar-refractivity contribution >= 4 is 74.8 Å². The number of ether oxygens (including phenoxy) is 2. The molecule has 2 aromatic rings. The van der Waals surface area contributed by atoms with E-state index in [0.717, 1.165) is 25.8 Å². The average Bonchev–Trinajstić information content (AvgIpc) is 2.98. The van der Waals surface area contributed by atoms with Gasteiger partial charge in [-0.1, -0.05) is 17.7 Å². The summed E-state index contributed by atoms with van der Waals surface area (Å²) in [5.41, 5.74) is 2.05. The Morgan fingerprint density at radius 3 is 2.69 bits per heavy atom. The van der Waals surface area contributed by atoms with E-state index in [1.165, 1.54) is 0 Å². The lowest BCUT2D eigenvalue weighted by Gasteiger charge is -2.13. The Kier molecular flexibility index (Phi) is 8.07. The largest absolute Gasteiger partial charge is 0.492 e. The predicted molar refractivity (Wildman–Crippen MR) is 134 cm³/mol. The second kappa shape index (κ2) is 10.6. The van der Waals surface area contributed by atoms with Gasteiger partial charge in [0, 0.05) is 10.7 Å². The number of imide groups is 1. The van der Waals surface area contributed by atoms with Crippen molar-refractivity contribution in [1.82, 2.24) is 4.90 Å². The Hall–Kier alpha value is -2.24. The van der Waals surface area contributed by atoms with Crippen LogP contribution in [-0.4, -0.2) is 42.2 Å². The van der Waals surface area contributed by atoms with Gasteiger partial charge in [-0.05, 0) is 89.7 Å². The molecule has 168 valence electrons. The Balaban J connectivity index is 1.76. The third-order valence-corrected chi connectivity index (χ3v) is 6.58. The molecule has 3 amide bonds. The first-order valence-electron chi connectivity index (χ1n) is 9.55. The third kappa shape index (κ3) is 5.57. The molecule has 1 saturated heterocycles. The molecule has 1 heterocycles. The zero-order chi connectivity index (χ0) is 23.4. The molecule has 0 aromatic heterocycles. The van der Waals surface area contributed by atoms with Gasteiger partial charge in [0.05, 0.1) is 22.2 Å². The van der Waals surface area contributed by atoms with E-state index in [9.17, 15) is 14.4 Å². The van der Waals surface area contributed by atoms with Crippen LogP contribution in [0.4, 0.5) is 10.5 Å². The maximum atomic E-state index is 12.8. The second-order valence-electron chi connectivity index (χ2n) is 6.75. The number of anilines is 1. The van der Waals surface area contributed by atoms with Gasteiger partial charge in [0.25, 0.3) is 11.1 Å². The minimum atomic E-state index is -0.527. The fourth-order valence-electron chi connectivity index (χ4n) is 2.93. The normalized spacial score (nSPS) is 14.8. The zero-order valence-electron chi connectivity index (χ0n) is 17.5. The molecule has 1 fully saturated rings. The van der Waals surface area contributed by atoms with Crippen LogP contribution in [0.25, 0.3) is 6.08 Å². The van der Waals surface area contributed by atoms with E-state index in [2.05, 4.69) is 27.9 Å². The van der Waals surface area contributed by atoms with E-state index in [4.69, 9.17) is 21.1 Å². The number of carbonyl (C=O) groups excluding carboxylic acids is 3. The van der Waals surface area contributed by atoms with Crippen LogP contribution in [0.3, 0.4) is 0 Å². The van der Waals surface area contributed by atoms with Crippen molar-refractivity contribution in [2.24, 2.45) is 0 Å². The fraction of sp³-hybridized carbons (Fsp3) is 0.227. The van der Waals surface area contributed by atoms with Crippen LogP contribution < -0.4 is 14.8 Å². The summed E-state index contributed by atoms with van der Waals surface area (Å²) in [6.45, 7) is 3.77. The number of thioether (sulfide) groups is 1. The maximum Gasteiger partial charge on any atom is 0.294 e. The Bertz CT molecular complexity index is 1120. The molecule has 0 aliphatic carbocycles. The lowest BCUT2D eigenvalue weighted by atomic mass is 10.2. The molecule has 1 aliphatic heterocycles. The molecule has 1 N–H and O–H groups in total. The van der Waals surface area contributed by atoms with Gasteiger partial charge in [0.2, 0.25) is 5.91 Å². The lowest BCUT2D eigenvalue weighted by Crippen LogP contribution is -2.36. The average molecular weight is 587 g/mol. The number of carbonyl (C=O) groups is 3. The molecule has 0 bridgehead atoms. The number of nitrogens with zero attached hydrogens (tertiary/aromatic N) is 1. The van der Waals surface area contributed by atoms with E-state index in [1.54, 1.807) is 37.5 Å². The third-order valence-electron chi connectivity index (χ3n) is 4.46. The number of methoxy groups -OCH3 is 1. The first kappa shape index (κ1) is 24.4. The van der Waals surface area contributed by atoms with Crippen molar-refractivity contribution in [3.63, 3.8) is 0 Å². The van der Waals surface area contributed by atoms with E-state index >= 15 is 0 Å². The maximum absolute atomic E-state index is 12.8. The fourth-order valence-corrected chi connectivity index (χ4v) is 4.80. The van der Waals surface area contributed by atoms with Crippen molar-refractivity contribution in [2.45, 2.75) is 13.8 Å². The van der Waals surface area contributed by atoms with E-state index in [-0.39, 0.29) is 4.91 Å². The molecular formula is C22H20ClIN2O5S. The SMILES string of the molecule is CCOc1cc(/C=C2/SC(=O)N(CC(=O)Nc3ccc(C)c(Cl)c3)C2=O)cc(I)c1OC. The highest BCUT2D eigenvalue weighted by Crippen LogP contribution is 2.37. The summed E-state index contributed by atoms with van der Waals surface area (Å²) in [4.78, 5) is 38.7. The highest BCUT2D eigenvalue weighted by atomic mass is 127. The Morgan fingerprint density at radius 1 is 1.28 bits per heavy atom. The van der Waals surface area contributed by atoms with Gasteiger partial charge in [0.1, 0.15) is 6.54 Å². The minimum Gasteiger partial charge on any atom is -0.492 e. The summed E-state index contributed by atoms with van der Waals surface area (Å²) in [6.07, 6.45) is 1.60. The minimum absolute atomic E-state index is 0.226. The Labute approximate surface area is 208 Å². The number of hydrogen-bond acceptors (Lipinski definition) is 6. The summed E-state index contributed by atoms with van der Waals surface area (Å²) < 4.78 is 11.8. The van der Waals surface area contributed by atoms with Gasteiger partial charge in [-0.3, -0.25) is 19.3 Å². The number of nitrogens with one attached hydrogen (secondary N) is 1. The first-order chi connectivity index (χ1) is 15.2. The van der Waals surface area contributed by atoms with Crippen LogP contribution in [0.5, 0.6) is 11.5 Å². The summed E-state index contributed by atoms with van der Waals surface area (Å²) >= 11 is 8.98. The number of amides is 3. The molecule has 10 heteroatoms. The molecule has 32 heavy (non-hydrogen) atoms. The summed E-state index contributed by atoms with van der Waals surface area (Å²) in [7, 11) is 1.56. The number of hydrogen-bond donors (Lipinski definition) is 1. The molecule has 0 unspecified atom stereocenters. The van der Waals surface area contributed by atoms with Gasteiger partial charge in [-0.15, -0.1) is 0 Å². The number of rotatable bonds is 7.